The van der Waals surface area contributed by atoms with Gasteiger partial charge >= 0.3 is 0 Å². The summed E-state index contributed by atoms with van der Waals surface area (Å²) < 4.78 is 5.51. The zero-order valence-electron chi connectivity index (χ0n) is 11.3. The summed E-state index contributed by atoms with van der Waals surface area (Å²) in [6.07, 6.45) is 4.13. The summed E-state index contributed by atoms with van der Waals surface area (Å²) in [6.45, 7) is 9.66. The number of nitrogens with two attached hydrogens (primary N) is 1. The number of likely N-dealkylation sites (tertiary alicyclic amines) is 1. The van der Waals surface area contributed by atoms with Gasteiger partial charge in [0.05, 0.1) is 11.6 Å². The number of hydrogen-bond acceptors (Lipinski definition) is 3. The van der Waals surface area contributed by atoms with Gasteiger partial charge in [0, 0.05) is 20.2 Å². The van der Waals surface area contributed by atoms with E-state index in [-0.39, 0.29) is 11.6 Å². The van der Waals surface area contributed by atoms with Gasteiger partial charge in [-0.3, -0.25) is 4.90 Å². The lowest BCUT2D eigenvalue weighted by Gasteiger charge is -2.47. The first-order chi connectivity index (χ1) is 7.58. The van der Waals surface area contributed by atoms with Crippen LogP contribution in [0.25, 0.3) is 0 Å². The predicted octanol–water partition coefficient (Wildman–Crippen LogP) is 1.86. The highest BCUT2D eigenvalue weighted by Gasteiger charge is 2.38. The van der Waals surface area contributed by atoms with Gasteiger partial charge in [-0.1, -0.05) is 13.3 Å². The Labute approximate surface area is 100 Å². The van der Waals surface area contributed by atoms with Crippen LogP contribution in [-0.4, -0.2) is 43.3 Å². The average Bonchev–Trinajstić information content (AvgIpc) is 2.36. The van der Waals surface area contributed by atoms with Crippen LogP contribution in [0.4, 0.5) is 0 Å². The van der Waals surface area contributed by atoms with Crippen molar-refractivity contribution < 1.29 is 4.74 Å². The minimum atomic E-state index is -0.0113. The molecule has 0 saturated carbocycles. The Kier molecular flexibility index (Phi) is 5.22. The second-order valence-corrected chi connectivity index (χ2v) is 5.30. The molecule has 3 heteroatoms. The fourth-order valence-electron chi connectivity index (χ4n) is 2.67. The molecule has 0 aromatic rings. The second kappa shape index (κ2) is 5.99. The van der Waals surface area contributed by atoms with E-state index in [0.717, 1.165) is 12.5 Å². The lowest BCUT2D eigenvalue weighted by atomic mass is 9.87. The number of methoxy groups -OCH3 is 1. The molecule has 1 saturated heterocycles. The van der Waals surface area contributed by atoms with E-state index in [9.17, 15) is 0 Å². The van der Waals surface area contributed by atoms with Crippen LogP contribution in [0.3, 0.4) is 0 Å². The molecule has 1 fully saturated rings. The molecule has 3 atom stereocenters. The molecule has 1 aliphatic heterocycles. The molecule has 1 rings (SSSR count). The average molecular weight is 228 g/mol. The quantitative estimate of drug-likeness (QED) is 0.780. The molecular formula is C13H28N2O. The predicted molar refractivity (Wildman–Crippen MR) is 68.5 cm³/mol. The molecule has 16 heavy (non-hydrogen) atoms. The summed E-state index contributed by atoms with van der Waals surface area (Å²) >= 11 is 0. The third-order valence-corrected chi connectivity index (χ3v) is 4.46. The largest absolute Gasteiger partial charge is 0.380 e. The molecule has 2 N–H and O–H groups in total. The molecule has 0 bridgehead atoms. The molecule has 0 spiro atoms. The molecule has 0 aliphatic carbocycles. The molecular weight excluding hydrogens is 200 g/mol. The highest BCUT2D eigenvalue weighted by molar-refractivity contribution is 4.95. The number of piperidine rings is 1. The Morgan fingerprint density at radius 1 is 1.56 bits per heavy atom. The van der Waals surface area contributed by atoms with Gasteiger partial charge < -0.3 is 10.5 Å². The summed E-state index contributed by atoms with van der Waals surface area (Å²) in [6, 6.07) is 0. The van der Waals surface area contributed by atoms with Crippen molar-refractivity contribution in [3.63, 3.8) is 0 Å². The standard InChI is InChI=1S/C13H28N2O/c1-5-12-7-6-8-15(9-12)13(3,10-14)11(2)16-4/h11-12H,5-10,14H2,1-4H3. The van der Waals surface area contributed by atoms with E-state index in [1.807, 2.05) is 0 Å². The Morgan fingerprint density at radius 3 is 2.75 bits per heavy atom. The van der Waals surface area contributed by atoms with Crippen LogP contribution in [0, 0.1) is 5.92 Å². The van der Waals surface area contributed by atoms with Crippen LogP contribution < -0.4 is 5.73 Å². The molecule has 3 unspecified atom stereocenters. The van der Waals surface area contributed by atoms with E-state index < -0.39 is 0 Å². The van der Waals surface area contributed by atoms with Gasteiger partial charge in [-0.15, -0.1) is 0 Å². The van der Waals surface area contributed by atoms with E-state index in [0.29, 0.717) is 6.54 Å². The highest BCUT2D eigenvalue weighted by Crippen LogP contribution is 2.28. The van der Waals surface area contributed by atoms with Gasteiger partial charge in [0.1, 0.15) is 0 Å². The van der Waals surface area contributed by atoms with E-state index >= 15 is 0 Å². The van der Waals surface area contributed by atoms with Crippen molar-refractivity contribution in [2.45, 2.75) is 51.7 Å². The van der Waals surface area contributed by atoms with Gasteiger partial charge in [-0.25, -0.2) is 0 Å². The zero-order valence-corrected chi connectivity index (χ0v) is 11.3. The Morgan fingerprint density at radius 2 is 2.25 bits per heavy atom. The Bertz CT molecular complexity index is 210. The fourth-order valence-corrected chi connectivity index (χ4v) is 2.67. The van der Waals surface area contributed by atoms with E-state index in [1.165, 1.54) is 25.8 Å². The van der Waals surface area contributed by atoms with Crippen LogP contribution in [0.1, 0.15) is 40.0 Å². The molecule has 0 aromatic carbocycles. The normalized spacial score (nSPS) is 28.7. The highest BCUT2D eigenvalue weighted by atomic mass is 16.5. The third kappa shape index (κ3) is 2.76. The molecule has 1 aliphatic rings. The minimum absolute atomic E-state index is 0.0113. The van der Waals surface area contributed by atoms with Crippen molar-refractivity contribution in [1.82, 2.24) is 4.90 Å². The third-order valence-electron chi connectivity index (χ3n) is 4.46. The van der Waals surface area contributed by atoms with Gasteiger partial charge in [0.15, 0.2) is 0 Å². The lowest BCUT2D eigenvalue weighted by molar-refractivity contribution is -0.0479. The maximum Gasteiger partial charge on any atom is 0.0736 e. The second-order valence-electron chi connectivity index (χ2n) is 5.30. The first-order valence-corrected chi connectivity index (χ1v) is 6.56. The van der Waals surface area contributed by atoms with E-state index in [2.05, 4.69) is 25.7 Å². The van der Waals surface area contributed by atoms with E-state index in [4.69, 9.17) is 10.5 Å². The summed E-state index contributed by atoms with van der Waals surface area (Å²) in [5, 5.41) is 0. The summed E-state index contributed by atoms with van der Waals surface area (Å²) in [5.41, 5.74) is 5.97. The zero-order chi connectivity index (χ0) is 12.2. The molecule has 0 aromatic heterocycles. The van der Waals surface area contributed by atoms with Crippen molar-refractivity contribution >= 4 is 0 Å². The van der Waals surface area contributed by atoms with Gasteiger partial charge in [-0.2, -0.15) is 0 Å². The summed E-state index contributed by atoms with van der Waals surface area (Å²) in [7, 11) is 1.78. The Balaban J connectivity index is 2.71. The smallest absolute Gasteiger partial charge is 0.0736 e. The number of hydrogen-bond donors (Lipinski definition) is 1. The topological polar surface area (TPSA) is 38.5 Å². The molecule has 1 heterocycles. The molecule has 3 nitrogen and oxygen atoms in total. The molecule has 0 radical (unpaired) electrons. The van der Waals surface area contributed by atoms with Gasteiger partial charge in [-0.05, 0) is 39.2 Å². The van der Waals surface area contributed by atoms with Gasteiger partial charge in [0.25, 0.3) is 0 Å². The van der Waals surface area contributed by atoms with Crippen molar-refractivity contribution in [2.24, 2.45) is 11.7 Å². The van der Waals surface area contributed by atoms with Gasteiger partial charge in [0.2, 0.25) is 0 Å². The van der Waals surface area contributed by atoms with Crippen LogP contribution in [0.15, 0.2) is 0 Å². The number of nitrogens with zero attached hydrogens (tertiary/aromatic N) is 1. The fraction of sp³-hybridized carbons (Fsp3) is 1.00. The molecule has 0 amide bonds. The first-order valence-electron chi connectivity index (χ1n) is 6.56. The lowest BCUT2D eigenvalue weighted by Crippen LogP contribution is -2.61. The summed E-state index contributed by atoms with van der Waals surface area (Å²) in [5.74, 6) is 0.837. The maximum absolute atomic E-state index is 5.98. The van der Waals surface area contributed by atoms with Crippen LogP contribution in [-0.2, 0) is 4.74 Å². The molecule has 96 valence electrons. The van der Waals surface area contributed by atoms with E-state index in [1.54, 1.807) is 7.11 Å². The summed E-state index contributed by atoms with van der Waals surface area (Å²) in [4.78, 5) is 2.54. The van der Waals surface area contributed by atoms with Crippen LogP contribution in [0.5, 0.6) is 0 Å². The van der Waals surface area contributed by atoms with Crippen LogP contribution >= 0.6 is 0 Å². The Hall–Kier alpha value is -0.120. The van der Waals surface area contributed by atoms with Crippen molar-refractivity contribution in [2.75, 3.05) is 26.7 Å². The first kappa shape index (κ1) is 13.9. The SMILES string of the molecule is CCC1CCCN(C(C)(CN)C(C)OC)C1. The van der Waals surface area contributed by atoms with Crippen molar-refractivity contribution in [1.29, 1.82) is 0 Å². The minimum Gasteiger partial charge on any atom is -0.380 e. The van der Waals surface area contributed by atoms with Crippen LogP contribution in [0.2, 0.25) is 0 Å². The monoisotopic (exact) mass is 228 g/mol. The van der Waals surface area contributed by atoms with Crippen molar-refractivity contribution in [3.05, 3.63) is 0 Å². The van der Waals surface area contributed by atoms with Crippen molar-refractivity contribution in [3.8, 4) is 0 Å². The maximum atomic E-state index is 5.98. The number of ether oxygens (including phenoxy) is 1. The number of rotatable bonds is 5.